The largest absolute Gasteiger partial charge is 0.337 e. The Bertz CT molecular complexity index is 1190. The molecule has 0 spiro atoms. The Labute approximate surface area is 172 Å². The van der Waals surface area contributed by atoms with Gasteiger partial charge in [-0.05, 0) is 53.6 Å². The zero-order valence-corrected chi connectivity index (χ0v) is 16.6. The van der Waals surface area contributed by atoms with Gasteiger partial charge < -0.3 is 9.47 Å². The SMILES string of the molecule is N#Cc1cccc(-c2ccc3n(c2=O)C[C@@H]2C[C@@H]3CN(C(=O)c3cccs3)C2)c1. The lowest BCUT2D eigenvalue weighted by Crippen LogP contribution is -2.49. The molecule has 1 fully saturated rings. The quantitative estimate of drug-likeness (QED) is 0.658. The molecule has 0 N–H and O–H groups in total. The van der Waals surface area contributed by atoms with E-state index in [4.69, 9.17) is 5.26 Å². The molecular weight excluding hydrogens is 382 g/mol. The number of fused-ring (bicyclic) bond motifs is 4. The van der Waals surface area contributed by atoms with Gasteiger partial charge in [-0.3, -0.25) is 9.59 Å². The summed E-state index contributed by atoms with van der Waals surface area (Å²) in [5.41, 5.74) is 2.94. The van der Waals surface area contributed by atoms with Crippen LogP contribution in [-0.4, -0.2) is 28.5 Å². The van der Waals surface area contributed by atoms with Gasteiger partial charge in [0.1, 0.15) is 0 Å². The summed E-state index contributed by atoms with van der Waals surface area (Å²) >= 11 is 1.47. The predicted molar refractivity (Wildman–Crippen MR) is 112 cm³/mol. The van der Waals surface area contributed by atoms with Crippen LogP contribution in [0.2, 0.25) is 0 Å². The van der Waals surface area contributed by atoms with Crippen molar-refractivity contribution in [2.45, 2.75) is 18.9 Å². The number of benzene rings is 1. The second kappa shape index (κ2) is 7.02. The minimum absolute atomic E-state index is 0.00896. The highest BCUT2D eigenvalue weighted by Gasteiger charge is 2.37. The predicted octanol–water partition coefficient (Wildman–Crippen LogP) is 3.71. The zero-order chi connectivity index (χ0) is 20.0. The van der Waals surface area contributed by atoms with Crippen molar-refractivity contribution in [3.05, 3.63) is 80.4 Å². The summed E-state index contributed by atoms with van der Waals surface area (Å²) in [5, 5.41) is 11.1. The summed E-state index contributed by atoms with van der Waals surface area (Å²) in [5.74, 6) is 0.553. The van der Waals surface area contributed by atoms with Gasteiger partial charge in [-0.1, -0.05) is 18.2 Å². The number of hydrogen-bond donors (Lipinski definition) is 0. The molecule has 0 unspecified atom stereocenters. The summed E-state index contributed by atoms with van der Waals surface area (Å²) in [6.45, 7) is 1.97. The van der Waals surface area contributed by atoms with Gasteiger partial charge in [-0.15, -0.1) is 11.3 Å². The number of rotatable bonds is 2. The van der Waals surface area contributed by atoms with Crippen molar-refractivity contribution in [3.63, 3.8) is 0 Å². The molecule has 3 aromatic rings. The van der Waals surface area contributed by atoms with E-state index in [-0.39, 0.29) is 23.3 Å². The smallest absolute Gasteiger partial charge is 0.263 e. The second-order valence-electron chi connectivity index (χ2n) is 7.77. The van der Waals surface area contributed by atoms with Gasteiger partial charge >= 0.3 is 0 Å². The van der Waals surface area contributed by atoms with Crippen LogP contribution in [0.15, 0.2) is 58.7 Å². The summed E-state index contributed by atoms with van der Waals surface area (Å²) in [7, 11) is 0. The summed E-state index contributed by atoms with van der Waals surface area (Å²) in [6.07, 6.45) is 1.01. The standard InChI is InChI=1S/C23H19N3O2S/c24-11-15-3-1-4-17(9-15)19-6-7-20-18-10-16(13-26(20)22(19)27)12-25(14-18)23(28)21-5-2-8-29-21/h1-9,16,18H,10,12-14H2/t16-,18-/m1/s1. The Balaban J connectivity index is 1.49. The first-order valence-corrected chi connectivity index (χ1v) is 10.6. The fraction of sp³-hybridized carbons (Fsp3) is 0.261. The van der Waals surface area contributed by atoms with Crippen molar-refractivity contribution in [3.8, 4) is 17.2 Å². The molecule has 1 amide bonds. The van der Waals surface area contributed by atoms with E-state index in [0.717, 1.165) is 22.6 Å². The lowest BCUT2D eigenvalue weighted by molar-refractivity contribution is 0.0599. The highest BCUT2D eigenvalue weighted by molar-refractivity contribution is 7.12. The minimum Gasteiger partial charge on any atom is -0.337 e. The van der Waals surface area contributed by atoms with Crippen LogP contribution in [0.25, 0.3) is 11.1 Å². The van der Waals surface area contributed by atoms with Crippen molar-refractivity contribution in [1.29, 1.82) is 5.26 Å². The number of nitrogens with zero attached hydrogens (tertiary/aromatic N) is 3. The molecule has 29 heavy (non-hydrogen) atoms. The Morgan fingerprint density at radius 2 is 2.00 bits per heavy atom. The van der Waals surface area contributed by atoms with E-state index in [2.05, 4.69) is 6.07 Å². The number of likely N-dealkylation sites (tertiary alicyclic amines) is 1. The first-order chi connectivity index (χ1) is 14.1. The lowest BCUT2D eigenvalue weighted by Gasteiger charge is -2.42. The van der Waals surface area contributed by atoms with Gasteiger partial charge in [-0.25, -0.2) is 0 Å². The molecule has 2 atom stereocenters. The molecule has 144 valence electrons. The van der Waals surface area contributed by atoms with E-state index < -0.39 is 0 Å². The van der Waals surface area contributed by atoms with Gasteiger partial charge in [-0.2, -0.15) is 5.26 Å². The normalized spacial score (nSPS) is 20.0. The van der Waals surface area contributed by atoms with E-state index >= 15 is 0 Å². The van der Waals surface area contributed by atoms with Crippen LogP contribution in [0.3, 0.4) is 0 Å². The molecule has 5 nitrogen and oxygen atoms in total. The van der Waals surface area contributed by atoms with E-state index in [1.807, 2.05) is 45.2 Å². The summed E-state index contributed by atoms with van der Waals surface area (Å²) in [6, 6.07) is 17.0. The monoisotopic (exact) mass is 401 g/mol. The number of carbonyl (C=O) groups excluding carboxylic acids is 1. The fourth-order valence-corrected chi connectivity index (χ4v) is 5.33. The van der Waals surface area contributed by atoms with Crippen molar-refractivity contribution in [2.24, 2.45) is 5.92 Å². The molecule has 0 saturated carbocycles. The molecule has 2 aliphatic rings. The Kier molecular flexibility index (Phi) is 4.33. The maximum atomic E-state index is 13.2. The topological polar surface area (TPSA) is 66.1 Å². The minimum atomic E-state index is -0.00896. The van der Waals surface area contributed by atoms with Gasteiger partial charge in [0.05, 0.1) is 16.5 Å². The van der Waals surface area contributed by atoms with Crippen LogP contribution < -0.4 is 5.56 Å². The van der Waals surface area contributed by atoms with Crippen molar-refractivity contribution in [2.75, 3.05) is 13.1 Å². The maximum absolute atomic E-state index is 13.2. The second-order valence-corrected chi connectivity index (χ2v) is 8.71. The third-order valence-corrected chi connectivity index (χ3v) is 6.78. The first-order valence-electron chi connectivity index (χ1n) is 9.71. The molecule has 5 rings (SSSR count). The fourth-order valence-electron chi connectivity index (χ4n) is 4.64. The number of amides is 1. The van der Waals surface area contributed by atoms with Gasteiger partial charge in [0.25, 0.3) is 11.5 Å². The number of aromatic nitrogens is 1. The van der Waals surface area contributed by atoms with Gasteiger partial charge in [0.15, 0.2) is 0 Å². The zero-order valence-electron chi connectivity index (χ0n) is 15.7. The number of hydrogen-bond acceptors (Lipinski definition) is 4. The molecule has 6 heteroatoms. The molecule has 1 aromatic carbocycles. The third kappa shape index (κ3) is 3.08. The van der Waals surface area contributed by atoms with Gasteiger partial charge in [0, 0.05) is 36.8 Å². The molecule has 0 radical (unpaired) electrons. The average Bonchev–Trinajstić information content (AvgIpc) is 3.29. The summed E-state index contributed by atoms with van der Waals surface area (Å²) < 4.78 is 1.89. The Morgan fingerprint density at radius 3 is 2.79 bits per heavy atom. The maximum Gasteiger partial charge on any atom is 0.263 e. The number of piperidine rings is 1. The number of nitriles is 1. The highest BCUT2D eigenvalue weighted by Crippen LogP contribution is 2.36. The molecule has 2 bridgehead atoms. The first kappa shape index (κ1) is 17.9. The van der Waals surface area contributed by atoms with Gasteiger partial charge in [0.2, 0.25) is 0 Å². The van der Waals surface area contributed by atoms with Crippen molar-refractivity contribution < 1.29 is 4.79 Å². The summed E-state index contributed by atoms with van der Waals surface area (Å²) in [4.78, 5) is 28.8. The van der Waals surface area contributed by atoms with E-state index in [1.54, 1.807) is 18.2 Å². The van der Waals surface area contributed by atoms with Crippen LogP contribution >= 0.6 is 11.3 Å². The molecular formula is C23H19N3O2S. The van der Waals surface area contributed by atoms with Crippen LogP contribution in [0.1, 0.15) is 33.3 Å². The molecule has 0 aliphatic carbocycles. The van der Waals surface area contributed by atoms with E-state index in [9.17, 15) is 9.59 Å². The van der Waals surface area contributed by atoms with E-state index in [1.165, 1.54) is 11.3 Å². The average molecular weight is 401 g/mol. The Hall–Kier alpha value is -3.17. The number of pyridine rings is 1. The number of carbonyl (C=O) groups is 1. The molecule has 1 saturated heterocycles. The highest BCUT2D eigenvalue weighted by atomic mass is 32.1. The lowest BCUT2D eigenvalue weighted by atomic mass is 9.82. The van der Waals surface area contributed by atoms with Crippen molar-refractivity contribution in [1.82, 2.24) is 9.47 Å². The van der Waals surface area contributed by atoms with Crippen LogP contribution in [0, 0.1) is 17.2 Å². The third-order valence-electron chi connectivity index (χ3n) is 5.93. The van der Waals surface area contributed by atoms with Crippen molar-refractivity contribution >= 4 is 17.2 Å². The molecule has 2 aliphatic heterocycles. The molecule has 2 aromatic heterocycles. The van der Waals surface area contributed by atoms with Crippen LogP contribution in [0.5, 0.6) is 0 Å². The van der Waals surface area contributed by atoms with Crippen LogP contribution in [-0.2, 0) is 6.54 Å². The van der Waals surface area contributed by atoms with Crippen LogP contribution in [0.4, 0.5) is 0 Å². The van der Waals surface area contributed by atoms with E-state index in [0.29, 0.717) is 30.8 Å². The molecule has 4 heterocycles. The Morgan fingerprint density at radius 1 is 1.10 bits per heavy atom. The number of thiophene rings is 1.